The van der Waals surface area contributed by atoms with E-state index in [1.165, 1.54) is 5.39 Å². The van der Waals surface area contributed by atoms with Crippen molar-refractivity contribution in [2.75, 3.05) is 0 Å². The van der Waals surface area contributed by atoms with Crippen molar-refractivity contribution in [3.05, 3.63) is 69.5 Å². The summed E-state index contributed by atoms with van der Waals surface area (Å²) >= 11 is 5.17. The van der Waals surface area contributed by atoms with E-state index in [0.29, 0.717) is 6.42 Å². The number of rotatable bonds is 3. The van der Waals surface area contributed by atoms with Gasteiger partial charge in [0, 0.05) is 14.7 Å². The minimum Gasteiger partial charge on any atom is -0.380 e. The predicted octanol–water partition coefficient (Wildman–Crippen LogP) is 5.31. The lowest BCUT2D eigenvalue weighted by Crippen LogP contribution is -2.26. The number of halogens is 1. The van der Waals surface area contributed by atoms with E-state index < -0.39 is 5.60 Å². The molecule has 102 valence electrons. The fourth-order valence-corrected chi connectivity index (χ4v) is 4.00. The quantitative estimate of drug-likeness (QED) is 0.681. The maximum absolute atomic E-state index is 11.3. The zero-order valence-electron chi connectivity index (χ0n) is 11.1. The number of hydrogen-bond donors (Lipinski definition) is 1. The van der Waals surface area contributed by atoms with Crippen LogP contribution in [0.15, 0.2) is 58.4 Å². The van der Waals surface area contributed by atoms with Crippen LogP contribution in [0.1, 0.15) is 24.5 Å². The Morgan fingerprint density at radius 3 is 2.70 bits per heavy atom. The van der Waals surface area contributed by atoms with Crippen molar-refractivity contribution in [2.24, 2.45) is 0 Å². The summed E-state index contributed by atoms with van der Waals surface area (Å²) in [5.41, 5.74) is 0.967. The molecule has 1 nitrogen and oxygen atoms in total. The number of hydrogen-bond acceptors (Lipinski definition) is 2. The molecule has 0 amide bonds. The molecule has 0 bridgehead atoms. The van der Waals surface area contributed by atoms with Crippen LogP contribution in [0.3, 0.4) is 0 Å². The Labute approximate surface area is 131 Å². The second-order valence-corrected chi connectivity index (χ2v) is 6.70. The van der Waals surface area contributed by atoms with Crippen LogP contribution in [0.4, 0.5) is 0 Å². The van der Waals surface area contributed by atoms with Crippen LogP contribution in [0, 0.1) is 0 Å². The summed E-state index contributed by atoms with van der Waals surface area (Å²) in [6, 6.07) is 16.2. The molecule has 3 heteroatoms. The zero-order valence-corrected chi connectivity index (χ0v) is 13.5. The molecule has 1 unspecified atom stereocenters. The predicted molar refractivity (Wildman–Crippen MR) is 89.3 cm³/mol. The van der Waals surface area contributed by atoms with Crippen molar-refractivity contribution in [1.29, 1.82) is 0 Å². The molecule has 3 aromatic rings. The molecule has 0 saturated heterocycles. The van der Waals surface area contributed by atoms with Gasteiger partial charge < -0.3 is 5.11 Å². The summed E-state index contributed by atoms with van der Waals surface area (Å²) in [7, 11) is 0. The van der Waals surface area contributed by atoms with Crippen LogP contribution in [-0.2, 0) is 5.60 Å². The third kappa shape index (κ3) is 2.20. The third-order valence-corrected chi connectivity index (χ3v) is 5.20. The van der Waals surface area contributed by atoms with Gasteiger partial charge in [-0.3, -0.25) is 0 Å². The standard InChI is InChI=1S/C17H15BrOS/c1-2-17(19,13-6-4-7-14(18)11-13)15-8-3-5-12-9-10-20-16(12)15/h3-11,19H,2H2,1H3. The van der Waals surface area contributed by atoms with Gasteiger partial charge in [-0.1, -0.05) is 53.2 Å². The fourth-order valence-electron chi connectivity index (χ4n) is 2.61. The van der Waals surface area contributed by atoms with Gasteiger partial charge >= 0.3 is 0 Å². The molecule has 1 heterocycles. The Morgan fingerprint density at radius 2 is 1.95 bits per heavy atom. The molecule has 0 spiro atoms. The fraction of sp³-hybridized carbons (Fsp3) is 0.176. The highest BCUT2D eigenvalue weighted by atomic mass is 79.9. The molecule has 0 aliphatic rings. The maximum Gasteiger partial charge on any atom is 0.116 e. The highest BCUT2D eigenvalue weighted by Crippen LogP contribution is 2.39. The first-order valence-electron chi connectivity index (χ1n) is 6.60. The van der Waals surface area contributed by atoms with Gasteiger partial charge in [0.05, 0.1) is 0 Å². The van der Waals surface area contributed by atoms with E-state index in [-0.39, 0.29) is 0 Å². The second kappa shape index (κ2) is 5.32. The van der Waals surface area contributed by atoms with Crippen LogP contribution in [0.2, 0.25) is 0 Å². The first kappa shape index (κ1) is 13.8. The van der Waals surface area contributed by atoms with E-state index >= 15 is 0 Å². The van der Waals surface area contributed by atoms with E-state index in [0.717, 1.165) is 20.3 Å². The van der Waals surface area contributed by atoms with Crippen molar-refractivity contribution in [3.8, 4) is 0 Å². The van der Waals surface area contributed by atoms with Gasteiger partial charge in [-0.15, -0.1) is 11.3 Å². The average Bonchev–Trinajstić information content (AvgIpc) is 2.94. The van der Waals surface area contributed by atoms with Crippen LogP contribution in [0.5, 0.6) is 0 Å². The molecule has 3 rings (SSSR count). The van der Waals surface area contributed by atoms with E-state index in [9.17, 15) is 5.11 Å². The molecule has 1 N–H and O–H groups in total. The second-order valence-electron chi connectivity index (χ2n) is 4.87. The highest BCUT2D eigenvalue weighted by molar-refractivity contribution is 9.10. The zero-order chi connectivity index (χ0) is 14.2. The van der Waals surface area contributed by atoms with Gasteiger partial charge in [0.15, 0.2) is 0 Å². The third-order valence-electron chi connectivity index (χ3n) is 3.74. The van der Waals surface area contributed by atoms with Crippen molar-refractivity contribution in [2.45, 2.75) is 18.9 Å². The summed E-state index contributed by atoms with van der Waals surface area (Å²) in [5.74, 6) is 0. The lowest BCUT2D eigenvalue weighted by Gasteiger charge is -2.29. The van der Waals surface area contributed by atoms with Gasteiger partial charge in [-0.25, -0.2) is 0 Å². The molecule has 0 saturated carbocycles. The van der Waals surface area contributed by atoms with Crippen LogP contribution < -0.4 is 0 Å². The summed E-state index contributed by atoms with van der Waals surface area (Å²) < 4.78 is 2.15. The molecule has 2 aromatic carbocycles. The summed E-state index contributed by atoms with van der Waals surface area (Å²) in [4.78, 5) is 0. The van der Waals surface area contributed by atoms with Crippen LogP contribution in [-0.4, -0.2) is 5.11 Å². The molecule has 0 fully saturated rings. The molecule has 0 aliphatic heterocycles. The summed E-state index contributed by atoms with van der Waals surface area (Å²) in [5, 5.41) is 14.6. The van der Waals surface area contributed by atoms with E-state index in [4.69, 9.17) is 0 Å². The van der Waals surface area contributed by atoms with Crippen molar-refractivity contribution in [3.63, 3.8) is 0 Å². The first-order chi connectivity index (χ1) is 9.65. The molecule has 20 heavy (non-hydrogen) atoms. The Hall–Kier alpha value is -1.16. The monoisotopic (exact) mass is 346 g/mol. The molecule has 0 radical (unpaired) electrons. The normalized spacial score (nSPS) is 14.3. The Bertz CT molecular complexity index is 749. The summed E-state index contributed by atoms with van der Waals surface area (Å²) in [6.07, 6.45) is 0.639. The minimum absolute atomic E-state index is 0.639. The van der Waals surface area contributed by atoms with E-state index in [1.807, 2.05) is 43.3 Å². The SMILES string of the molecule is CCC(O)(c1cccc(Br)c1)c1cccc2ccsc12. The Morgan fingerprint density at radius 1 is 1.15 bits per heavy atom. The van der Waals surface area contributed by atoms with Gasteiger partial charge in [-0.05, 0) is 40.9 Å². The average molecular weight is 347 g/mol. The lowest BCUT2D eigenvalue weighted by atomic mass is 9.84. The maximum atomic E-state index is 11.3. The van der Waals surface area contributed by atoms with Crippen LogP contribution in [0.25, 0.3) is 10.1 Å². The van der Waals surface area contributed by atoms with Gasteiger partial charge in [0.2, 0.25) is 0 Å². The minimum atomic E-state index is -0.950. The number of thiophene rings is 1. The first-order valence-corrected chi connectivity index (χ1v) is 8.27. The number of fused-ring (bicyclic) bond motifs is 1. The summed E-state index contributed by atoms with van der Waals surface area (Å²) in [6.45, 7) is 2.02. The smallest absolute Gasteiger partial charge is 0.116 e. The molecular weight excluding hydrogens is 332 g/mol. The van der Waals surface area contributed by atoms with Crippen LogP contribution >= 0.6 is 27.3 Å². The topological polar surface area (TPSA) is 20.2 Å². The Balaban J connectivity index is 2.25. The van der Waals surface area contributed by atoms with E-state index in [2.05, 4.69) is 33.4 Å². The van der Waals surface area contributed by atoms with Crippen molar-refractivity contribution < 1.29 is 5.11 Å². The molecule has 0 aliphatic carbocycles. The molecule has 1 aromatic heterocycles. The molecule has 1 atom stereocenters. The van der Waals surface area contributed by atoms with E-state index in [1.54, 1.807) is 11.3 Å². The number of benzene rings is 2. The van der Waals surface area contributed by atoms with Gasteiger partial charge in [0.25, 0.3) is 0 Å². The molecular formula is C17H15BrOS. The van der Waals surface area contributed by atoms with Gasteiger partial charge in [0.1, 0.15) is 5.60 Å². The largest absolute Gasteiger partial charge is 0.380 e. The van der Waals surface area contributed by atoms with Gasteiger partial charge in [-0.2, -0.15) is 0 Å². The number of aliphatic hydroxyl groups is 1. The lowest BCUT2D eigenvalue weighted by molar-refractivity contribution is 0.0782. The van der Waals surface area contributed by atoms with Crippen molar-refractivity contribution >= 4 is 37.4 Å². The Kier molecular flexibility index (Phi) is 3.67. The highest BCUT2D eigenvalue weighted by Gasteiger charge is 2.31. The van der Waals surface area contributed by atoms with Crippen molar-refractivity contribution in [1.82, 2.24) is 0 Å².